The van der Waals surface area contributed by atoms with E-state index in [4.69, 9.17) is 28.8 Å². The SMILES string of the molecule is CC1(C)O[C@@H]2O[C@@H](C(=O)NCC(=O)NCC(=O)O)[C@H]3OC(C)(C)O[C@@H]3[C@H]2O1. The largest absolute Gasteiger partial charge is 0.480 e. The summed E-state index contributed by atoms with van der Waals surface area (Å²) in [5.41, 5.74) is 0. The first-order valence-electron chi connectivity index (χ1n) is 8.60. The van der Waals surface area contributed by atoms with E-state index in [1.807, 2.05) is 0 Å². The molecule has 0 aromatic heterocycles. The summed E-state index contributed by atoms with van der Waals surface area (Å²) in [5, 5.41) is 13.1. The van der Waals surface area contributed by atoms with Crippen LogP contribution in [0.15, 0.2) is 0 Å². The standard InChI is InChI=1S/C16H24N2O9/c1-15(2)24-9-10(25-15)12-14(27-16(3,4)26-12)23-11(9)13(22)18-5-7(19)17-6-8(20)21/h9-12,14H,5-6H2,1-4H3,(H,17,19)(H,18,22)(H,20,21)/t9-,10-,11+,12+,14-/m0/s1. The lowest BCUT2D eigenvalue weighted by Gasteiger charge is -2.36. The van der Waals surface area contributed by atoms with Crippen molar-refractivity contribution < 1.29 is 43.2 Å². The van der Waals surface area contributed by atoms with Crippen molar-refractivity contribution in [2.24, 2.45) is 0 Å². The van der Waals surface area contributed by atoms with Crippen molar-refractivity contribution in [2.75, 3.05) is 13.1 Å². The molecule has 0 aliphatic carbocycles. The monoisotopic (exact) mass is 388 g/mol. The molecule has 0 unspecified atom stereocenters. The number of rotatable bonds is 5. The summed E-state index contributed by atoms with van der Waals surface area (Å²) in [6.45, 7) is 5.96. The second-order valence-corrected chi connectivity index (χ2v) is 7.48. The predicted octanol–water partition coefficient (Wildman–Crippen LogP) is -1.30. The Morgan fingerprint density at radius 2 is 1.44 bits per heavy atom. The number of ether oxygens (including phenoxy) is 5. The third-order valence-corrected chi connectivity index (χ3v) is 4.27. The molecule has 27 heavy (non-hydrogen) atoms. The van der Waals surface area contributed by atoms with Crippen LogP contribution < -0.4 is 10.6 Å². The Morgan fingerprint density at radius 1 is 0.852 bits per heavy atom. The molecule has 2 amide bonds. The van der Waals surface area contributed by atoms with Gasteiger partial charge in [-0.25, -0.2) is 0 Å². The molecule has 11 nitrogen and oxygen atoms in total. The zero-order chi connectivity index (χ0) is 20.0. The van der Waals surface area contributed by atoms with Crippen LogP contribution in [0.3, 0.4) is 0 Å². The summed E-state index contributed by atoms with van der Waals surface area (Å²) in [5.74, 6) is -4.26. The first-order chi connectivity index (χ1) is 12.5. The highest BCUT2D eigenvalue weighted by Gasteiger charge is 2.62. The summed E-state index contributed by atoms with van der Waals surface area (Å²) in [6.07, 6.45) is -3.80. The number of amides is 2. The number of fused-ring (bicyclic) bond motifs is 3. The zero-order valence-electron chi connectivity index (χ0n) is 15.5. The Bertz CT molecular complexity index is 635. The molecule has 3 heterocycles. The maximum atomic E-state index is 12.6. The molecule has 152 valence electrons. The van der Waals surface area contributed by atoms with Crippen LogP contribution >= 0.6 is 0 Å². The maximum Gasteiger partial charge on any atom is 0.322 e. The number of carboxylic acids is 1. The quantitative estimate of drug-likeness (QED) is 0.524. The van der Waals surface area contributed by atoms with Crippen LogP contribution in [0.5, 0.6) is 0 Å². The fourth-order valence-electron chi connectivity index (χ4n) is 3.33. The van der Waals surface area contributed by atoms with Crippen LogP contribution in [-0.4, -0.2) is 78.3 Å². The van der Waals surface area contributed by atoms with Gasteiger partial charge in [0.2, 0.25) is 5.91 Å². The molecule has 5 atom stereocenters. The fourth-order valence-corrected chi connectivity index (χ4v) is 3.33. The lowest BCUT2D eigenvalue weighted by atomic mass is 9.98. The molecule has 3 fully saturated rings. The van der Waals surface area contributed by atoms with E-state index in [1.165, 1.54) is 0 Å². The molecule has 3 rings (SSSR count). The molecule has 11 heteroatoms. The molecule has 0 aromatic carbocycles. The Labute approximate surface area is 155 Å². The van der Waals surface area contributed by atoms with E-state index in [0.717, 1.165) is 0 Å². The number of carbonyl (C=O) groups is 3. The highest BCUT2D eigenvalue weighted by atomic mass is 16.9. The van der Waals surface area contributed by atoms with E-state index in [1.54, 1.807) is 27.7 Å². The Morgan fingerprint density at radius 3 is 2.11 bits per heavy atom. The van der Waals surface area contributed by atoms with Crippen molar-refractivity contribution in [1.82, 2.24) is 10.6 Å². The molecular weight excluding hydrogens is 364 g/mol. The van der Waals surface area contributed by atoms with E-state index in [9.17, 15) is 14.4 Å². The van der Waals surface area contributed by atoms with Gasteiger partial charge in [-0.1, -0.05) is 0 Å². The van der Waals surface area contributed by atoms with Crippen molar-refractivity contribution in [3.8, 4) is 0 Å². The highest BCUT2D eigenvalue weighted by Crippen LogP contribution is 2.44. The third kappa shape index (κ3) is 4.38. The number of aliphatic carboxylic acids is 1. The summed E-state index contributed by atoms with van der Waals surface area (Å²) in [6, 6.07) is 0. The molecule has 0 spiro atoms. The average molecular weight is 388 g/mol. The lowest BCUT2D eigenvalue weighted by molar-refractivity contribution is -0.231. The van der Waals surface area contributed by atoms with Gasteiger partial charge in [-0.15, -0.1) is 0 Å². The maximum absolute atomic E-state index is 12.6. The second kappa shape index (κ2) is 6.99. The first-order valence-corrected chi connectivity index (χ1v) is 8.60. The van der Waals surface area contributed by atoms with Gasteiger partial charge in [-0.3, -0.25) is 14.4 Å². The number of hydrogen-bond acceptors (Lipinski definition) is 8. The number of carboxylic acid groups (broad SMARTS) is 1. The van der Waals surface area contributed by atoms with Crippen LogP contribution in [0.25, 0.3) is 0 Å². The minimum absolute atomic E-state index is 0.398. The predicted molar refractivity (Wildman–Crippen MR) is 86.2 cm³/mol. The minimum atomic E-state index is -1.18. The van der Waals surface area contributed by atoms with Gasteiger partial charge < -0.3 is 39.4 Å². The molecule has 0 bridgehead atoms. The highest BCUT2D eigenvalue weighted by molar-refractivity contribution is 5.88. The summed E-state index contributed by atoms with van der Waals surface area (Å²) >= 11 is 0. The number of carbonyl (C=O) groups excluding carboxylic acids is 2. The van der Waals surface area contributed by atoms with Crippen molar-refractivity contribution in [2.45, 2.75) is 70.0 Å². The molecular formula is C16H24N2O9. The third-order valence-electron chi connectivity index (χ3n) is 4.27. The van der Waals surface area contributed by atoms with Crippen LogP contribution in [-0.2, 0) is 38.1 Å². The van der Waals surface area contributed by atoms with Gasteiger partial charge >= 0.3 is 5.97 Å². The fraction of sp³-hybridized carbons (Fsp3) is 0.812. The molecule has 3 saturated heterocycles. The summed E-state index contributed by atoms with van der Waals surface area (Å²) < 4.78 is 29.0. The lowest BCUT2D eigenvalue weighted by Crippen LogP contribution is -2.60. The van der Waals surface area contributed by atoms with Gasteiger partial charge in [0.25, 0.3) is 5.91 Å². The summed E-state index contributed by atoms with van der Waals surface area (Å²) in [4.78, 5) is 34.6. The Kier molecular flexibility index (Phi) is 5.16. The van der Waals surface area contributed by atoms with E-state index in [-0.39, 0.29) is 0 Å². The molecule has 0 aromatic rings. The Balaban J connectivity index is 1.66. The molecule has 3 aliphatic heterocycles. The zero-order valence-corrected chi connectivity index (χ0v) is 15.5. The van der Waals surface area contributed by atoms with Gasteiger partial charge in [0.05, 0.1) is 6.54 Å². The van der Waals surface area contributed by atoms with Gasteiger partial charge in [0.1, 0.15) is 24.9 Å². The van der Waals surface area contributed by atoms with Gasteiger partial charge in [-0.05, 0) is 27.7 Å². The van der Waals surface area contributed by atoms with Crippen LogP contribution in [0.2, 0.25) is 0 Å². The van der Waals surface area contributed by atoms with Gasteiger partial charge in [0, 0.05) is 0 Å². The van der Waals surface area contributed by atoms with E-state index < -0.39 is 73.2 Å². The van der Waals surface area contributed by atoms with E-state index >= 15 is 0 Å². The average Bonchev–Trinajstić information content (AvgIpc) is 3.03. The van der Waals surface area contributed by atoms with Crippen molar-refractivity contribution >= 4 is 17.8 Å². The van der Waals surface area contributed by atoms with E-state index in [2.05, 4.69) is 10.6 Å². The van der Waals surface area contributed by atoms with Gasteiger partial charge in [0.15, 0.2) is 24.0 Å². The van der Waals surface area contributed by atoms with Crippen LogP contribution in [0.4, 0.5) is 0 Å². The normalized spacial score (nSPS) is 35.8. The van der Waals surface area contributed by atoms with Crippen molar-refractivity contribution in [1.29, 1.82) is 0 Å². The molecule has 0 radical (unpaired) electrons. The van der Waals surface area contributed by atoms with E-state index in [0.29, 0.717) is 0 Å². The molecule has 3 aliphatic rings. The second-order valence-electron chi connectivity index (χ2n) is 7.48. The Hall–Kier alpha value is -1.79. The number of hydrogen-bond donors (Lipinski definition) is 3. The van der Waals surface area contributed by atoms with Gasteiger partial charge in [-0.2, -0.15) is 0 Å². The molecule has 0 saturated carbocycles. The summed E-state index contributed by atoms with van der Waals surface area (Å²) in [7, 11) is 0. The smallest absolute Gasteiger partial charge is 0.322 e. The van der Waals surface area contributed by atoms with Crippen LogP contribution in [0.1, 0.15) is 27.7 Å². The topological polar surface area (TPSA) is 142 Å². The molecule has 3 N–H and O–H groups in total. The van der Waals surface area contributed by atoms with Crippen LogP contribution in [0, 0.1) is 0 Å². The number of nitrogens with one attached hydrogen (secondary N) is 2. The van der Waals surface area contributed by atoms with Crippen molar-refractivity contribution in [3.63, 3.8) is 0 Å². The van der Waals surface area contributed by atoms with Crippen molar-refractivity contribution in [3.05, 3.63) is 0 Å². The first kappa shape index (κ1) is 20.0. The minimum Gasteiger partial charge on any atom is -0.480 e.